The fraction of sp³-hybridized carbons (Fsp3) is 0.278. The molecule has 1 N–H and O–H groups in total. The highest BCUT2D eigenvalue weighted by Gasteiger charge is 2.22. The Morgan fingerprint density at radius 1 is 1.04 bits per heavy atom. The molecule has 0 aliphatic rings. The molecule has 0 aliphatic heterocycles. The number of carbonyl (C=O) groups is 1. The Hall–Kier alpha value is -2.14. The second-order valence-corrected chi connectivity index (χ2v) is 7.50. The molecule has 0 spiro atoms. The molecule has 0 bridgehead atoms. The van der Waals surface area contributed by atoms with Crippen molar-refractivity contribution in [3.05, 3.63) is 65.7 Å². The molecule has 23 heavy (non-hydrogen) atoms. The van der Waals surface area contributed by atoms with Crippen molar-refractivity contribution in [2.45, 2.75) is 31.2 Å². The molecule has 5 heteroatoms. The number of hydrogen-bond acceptors (Lipinski definition) is 3. The highest BCUT2D eigenvalue weighted by atomic mass is 32.2. The maximum absolute atomic E-state index is 12.5. The first-order valence-corrected chi connectivity index (χ1v) is 9.28. The summed E-state index contributed by atoms with van der Waals surface area (Å²) in [7, 11) is -3.45. The number of sulfone groups is 1. The second kappa shape index (κ2) is 7.42. The summed E-state index contributed by atoms with van der Waals surface area (Å²) in [5, 5.41) is 2.86. The van der Waals surface area contributed by atoms with Crippen LogP contribution >= 0.6 is 0 Å². The third kappa shape index (κ3) is 4.20. The van der Waals surface area contributed by atoms with Gasteiger partial charge in [0, 0.05) is 0 Å². The van der Waals surface area contributed by atoms with E-state index in [1.54, 1.807) is 25.1 Å². The van der Waals surface area contributed by atoms with Crippen LogP contribution in [-0.4, -0.2) is 20.1 Å². The predicted octanol–water partition coefficient (Wildman–Crippen LogP) is 3.36. The van der Waals surface area contributed by atoms with Crippen molar-refractivity contribution in [1.82, 2.24) is 5.32 Å². The van der Waals surface area contributed by atoms with Crippen LogP contribution in [0.25, 0.3) is 0 Å². The molecule has 0 fully saturated rings. The van der Waals surface area contributed by atoms with Crippen LogP contribution in [0.2, 0.25) is 0 Å². The van der Waals surface area contributed by atoms with Crippen LogP contribution in [0.1, 0.15) is 42.2 Å². The van der Waals surface area contributed by atoms with E-state index in [4.69, 9.17) is 0 Å². The van der Waals surface area contributed by atoms with Gasteiger partial charge in [-0.05, 0) is 31.0 Å². The zero-order valence-corrected chi connectivity index (χ0v) is 14.1. The van der Waals surface area contributed by atoms with Crippen molar-refractivity contribution in [2.75, 3.05) is 5.75 Å². The van der Waals surface area contributed by atoms with Gasteiger partial charge < -0.3 is 5.32 Å². The first kappa shape index (κ1) is 17.2. The van der Waals surface area contributed by atoms with E-state index >= 15 is 0 Å². The lowest BCUT2D eigenvalue weighted by molar-refractivity contribution is 0.0936. The first-order valence-electron chi connectivity index (χ1n) is 7.63. The molecule has 1 amide bonds. The largest absolute Gasteiger partial charge is 0.345 e. The molecule has 0 radical (unpaired) electrons. The Balaban J connectivity index is 2.27. The normalized spacial score (nSPS) is 12.6. The molecule has 122 valence electrons. The minimum absolute atomic E-state index is 0.0333. The molecule has 0 unspecified atom stereocenters. The van der Waals surface area contributed by atoms with Crippen LogP contribution < -0.4 is 5.32 Å². The molecular formula is C18H21NO3S. The zero-order valence-electron chi connectivity index (χ0n) is 13.3. The molecule has 2 aromatic carbocycles. The molecule has 0 aromatic heterocycles. The lowest BCUT2D eigenvalue weighted by atomic mass is 10.1. The average Bonchev–Trinajstić information content (AvgIpc) is 2.55. The monoisotopic (exact) mass is 331 g/mol. The third-order valence-electron chi connectivity index (χ3n) is 3.59. The lowest BCUT2D eigenvalue weighted by Crippen LogP contribution is -2.28. The quantitative estimate of drug-likeness (QED) is 0.883. The Morgan fingerprint density at radius 2 is 1.65 bits per heavy atom. The van der Waals surface area contributed by atoms with E-state index in [2.05, 4.69) is 5.32 Å². The summed E-state index contributed by atoms with van der Waals surface area (Å²) in [6.45, 7) is 3.67. The van der Waals surface area contributed by atoms with Crippen LogP contribution in [0.15, 0.2) is 59.5 Å². The molecular weight excluding hydrogens is 310 g/mol. The maximum Gasteiger partial charge on any atom is 0.253 e. The van der Waals surface area contributed by atoms with Gasteiger partial charge in [0.2, 0.25) is 0 Å². The molecule has 0 heterocycles. The Morgan fingerprint density at radius 3 is 2.30 bits per heavy atom. The minimum Gasteiger partial charge on any atom is -0.345 e. The van der Waals surface area contributed by atoms with Crippen molar-refractivity contribution in [3.63, 3.8) is 0 Å². The van der Waals surface area contributed by atoms with E-state index in [1.807, 2.05) is 37.3 Å². The van der Waals surface area contributed by atoms with Crippen LogP contribution in [0.3, 0.4) is 0 Å². The number of benzene rings is 2. The Labute approximate surface area is 137 Å². The highest BCUT2D eigenvalue weighted by Crippen LogP contribution is 2.19. The van der Waals surface area contributed by atoms with Gasteiger partial charge in [-0.3, -0.25) is 4.79 Å². The summed E-state index contributed by atoms with van der Waals surface area (Å²) >= 11 is 0. The second-order valence-electron chi connectivity index (χ2n) is 5.42. The Bertz CT molecular complexity index is 770. The van der Waals surface area contributed by atoms with Gasteiger partial charge in [-0.15, -0.1) is 0 Å². The first-order chi connectivity index (χ1) is 11.0. The van der Waals surface area contributed by atoms with E-state index in [0.29, 0.717) is 6.42 Å². The van der Waals surface area contributed by atoms with Crippen LogP contribution in [-0.2, 0) is 9.84 Å². The zero-order chi connectivity index (χ0) is 16.9. The maximum atomic E-state index is 12.5. The van der Waals surface area contributed by atoms with Crippen LogP contribution in [0.5, 0.6) is 0 Å². The standard InChI is InChI=1S/C18H21NO3S/c1-3-13-23(21,22)17-12-8-7-11-16(17)18(20)19-14(2)15-9-5-4-6-10-15/h4-12,14H,3,13H2,1-2H3,(H,19,20)/t14-/m1/s1. The van der Waals surface area contributed by atoms with Gasteiger partial charge in [0.15, 0.2) is 9.84 Å². The van der Waals surface area contributed by atoms with E-state index < -0.39 is 9.84 Å². The van der Waals surface area contributed by atoms with Crippen molar-refractivity contribution in [2.24, 2.45) is 0 Å². The summed E-state index contributed by atoms with van der Waals surface area (Å²) in [6.07, 6.45) is 0.513. The van der Waals surface area contributed by atoms with Crippen molar-refractivity contribution >= 4 is 15.7 Å². The van der Waals surface area contributed by atoms with E-state index in [9.17, 15) is 13.2 Å². The topological polar surface area (TPSA) is 63.2 Å². The van der Waals surface area contributed by atoms with E-state index in [0.717, 1.165) is 5.56 Å². The minimum atomic E-state index is -3.45. The van der Waals surface area contributed by atoms with Gasteiger partial charge in [-0.25, -0.2) is 8.42 Å². The summed E-state index contributed by atoms with van der Waals surface area (Å²) in [5.74, 6) is -0.345. The van der Waals surface area contributed by atoms with Gasteiger partial charge in [-0.2, -0.15) is 0 Å². The number of hydrogen-bond donors (Lipinski definition) is 1. The van der Waals surface area contributed by atoms with Gasteiger partial charge in [0.25, 0.3) is 5.91 Å². The van der Waals surface area contributed by atoms with Gasteiger partial charge in [-0.1, -0.05) is 49.4 Å². The molecule has 1 atom stereocenters. The predicted molar refractivity (Wildman–Crippen MR) is 91.1 cm³/mol. The summed E-state index contributed by atoms with van der Waals surface area (Å²) in [6, 6.07) is 15.7. The van der Waals surface area contributed by atoms with Gasteiger partial charge in [0.1, 0.15) is 0 Å². The molecule has 0 saturated heterocycles. The van der Waals surface area contributed by atoms with Gasteiger partial charge in [0.05, 0.1) is 22.3 Å². The number of rotatable bonds is 6. The summed E-state index contributed by atoms with van der Waals surface area (Å²) in [5.41, 5.74) is 1.17. The van der Waals surface area contributed by atoms with E-state index in [-0.39, 0.29) is 28.2 Å². The molecule has 0 aliphatic carbocycles. The molecule has 4 nitrogen and oxygen atoms in total. The van der Waals surface area contributed by atoms with Crippen molar-refractivity contribution in [1.29, 1.82) is 0 Å². The van der Waals surface area contributed by atoms with Crippen molar-refractivity contribution in [3.8, 4) is 0 Å². The smallest absolute Gasteiger partial charge is 0.253 e. The molecule has 2 aromatic rings. The fourth-order valence-electron chi connectivity index (χ4n) is 2.40. The van der Waals surface area contributed by atoms with E-state index in [1.165, 1.54) is 6.07 Å². The summed E-state index contributed by atoms with van der Waals surface area (Å²) < 4.78 is 24.7. The average molecular weight is 331 g/mol. The fourth-order valence-corrected chi connectivity index (χ4v) is 3.94. The third-order valence-corrected chi connectivity index (χ3v) is 5.56. The number of carbonyl (C=O) groups excluding carboxylic acids is 1. The highest BCUT2D eigenvalue weighted by molar-refractivity contribution is 7.91. The van der Waals surface area contributed by atoms with Crippen LogP contribution in [0.4, 0.5) is 0 Å². The SMILES string of the molecule is CCCS(=O)(=O)c1ccccc1C(=O)N[C@H](C)c1ccccc1. The lowest BCUT2D eigenvalue weighted by Gasteiger charge is -2.16. The summed E-state index contributed by atoms with van der Waals surface area (Å²) in [4.78, 5) is 12.6. The number of amides is 1. The van der Waals surface area contributed by atoms with Gasteiger partial charge >= 0.3 is 0 Å². The molecule has 2 rings (SSSR count). The number of nitrogens with one attached hydrogen (secondary N) is 1. The van der Waals surface area contributed by atoms with Crippen LogP contribution in [0, 0.1) is 0 Å². The Kier molecular flexibility index (Phi) is 5.55. The molecule has 0 saturated carbocycles. The van der Waals surface area contributed by atoms with Crippen molar-refractivity contribution < 1.29 is 13.2 Å².